The van der Waals surface area contributed by atoms with E-state index in [9.17, 15) is 4.79 Å². The van der Waals surface area contributed by atoms with Crippen molar-refractivity contribution in [2.75, 3.05) is 41.3 Å². The maximum Gasteiger partial charge on any atom is 0.227 e. The van der Waals surface area contributed by atoms with Crippen LogP contribution in [0.25, 0.3) is 0 Å². The summed E-state index contributed by atoms with van der Waals surface area (Å²) in [5.41, 5.74) is 1.37. The second kappa shape index (κ2) is 8.26. The van der Waals surface area contributed by atoms with Crippen molar-refractivity contribution in [3.05, 3.63) is 42.2 Å². The molecule has 0 unspecified atom stereocenters. The molecule has 1 N–H and O–H groups in total. The molecule has 2 aliphatic heterocycles. The van der Waals surface area contributed by atoms with E-state index in [0.717, 1.165) is 56.3 Å². The van der Waals surface area contributed by atoms with Gasteiger partial charge in [0.1, 0.15) is 11.9 Å². The van der Waals surface area contributed by atoms with E-state index in [-0.39, 0.29) is 11.8 Å². The first kappa shape index (κ1) is 18.2. The normalized spacial score (nSPS) is 17.4. The Balaban J connectivity index is 1.36. The fourth-order valence-corrected chi connectivity index (χ4v) is 3.92. The number of rotatable bonds is 4. The summed E-state index contributed by atoms with van der Waals surface area (Å²) in [6, 6.07) is 9.55. The average Bonchev–Trinajstić information content (AvgIpc) is 3.29. The van der Waals surface area contributed by atoms with Crippen molar-refractivity contribution in [2.24, 2.45) is 5.92 Å². The van der Waals surface area contributed by atoms with Crippen LogP contribution in [0.3, 0.4) is 0 Å². The molecule has 0 aliphatic carbocycles. The van der Waals surface area contributed by atoms with Crippen molar-refractivity contribution in [2.45, 2.75) is 25.7 Å². The van der Waals surface area contributed by atoms with Crippen molar-refractivity contribution in [3.8, 4) is 6.07 Å². The first-order valence-electron chi connectivity index (χ1n) is 9.86. The van der Waals surface area contributed by atoms with Crippen molar-refractivity contribution in [3.63, 3.8) is 0 Å². The quantitative estimate of drug-likeness (QED) is 0.883. The monoisotopic (exact) mass is 376 g/mol. The average molecular weight is 376 g/mol. The molecular weight excluding hydrogens is 352 g/mol. The molecule has 2 saturated heterocycles. The topological polar surface area (TPSA) is 85.2 Å². The number of nitriles is 1. The molecule has 28 heavy (non-hydrogen) atoms. The molecule has 0 radical (unpaired) electrons. The van der Waals surface area contributed by atoms with Crippen LogP contribution >= 0.6 is 0 Å². The minimum atomic E-state index is -0.0127. The van der Waals surface area contributed by atoms with Gasteiger partial charge in [0.15, 0.2) is 5.82 Å². The van der Waals surface area contributed by atoms with Crippen LogP contribution in [0.2, 0.25) is 0 Å². The summed E-state index contributed by atoms with van der Waals surface area (Å²) in [4.78, 5) is 26.1. The Morgan fingerprint density at radius 1 is 1.07 bits per heavy atom. The number of aromatic nitrogens is 2. The number of nitrogens with one attached hydrogen (secondary N) is 1. The lowest BCUT2D eigenvalue weighted by molar-refractivity contribution is -0.120. The zero-order valence-electron chi connectivity index (χ0n) is 15.8. The van der Waals surface area contributed by atoms with Crippen LogP contribution in [-0.4, -0.2) is 42.1 Å². The molecule has 0 atom stereocenters. The number of anilines is 3. The highest BCUT2D eigenvalue weighted by molar-refractivity contribution is 5.95. The molecule has 1 amide bonds. The van der Waals surface area contributed by atoms with Gasteiger partial charge >= 0.3 is 0 Å². The van der Waals surface area contributed by atoms with Crippen LogP contribution in [0.15, 0.2) is 36.7 Å². The lowest BCUT2D eigenvalue weighted by Gasteiger charge is -2.32. The first-order valence-corrected chi connectivity index (χ1v) is 9.86. The highest BCUT2D eigenvalue weighted by Crippen LogP contribution is 2.28. The summed E-state index contributed by atoms with van der Waals surface area (Å²) in [6.07, 6.45) is 7.29. The van der Waals surface area contributed by atoms with Crippen molar-refractivity contribution >= 4 is 23.2 Å². The van der Waals surface area contributed by atoms with Crippen LogP contribution in [0.4, 0.5) is 17.3 Å². The Kier molecular flexibility index (Phi) is 5.38. The highest BCUT2D eigenvalue weighted by atomic mass is 16.1. The summed E-state index contributed by atoms with van der Waals surface area (Å²) in [5.74, 6) is 1.80. The first-order chi connectivity index (χ1) is 13.7. The van der Waals surface area contributed by atoms with Gasteiger partial charge in [0.2, 0.25) is 5.91 Å². The third kappa shape index (κ3) is 3.91. The second-order valence-corrected chi connectivity index (χ2v) is 7.34. The Hall–Kier alpha value is -3.14. The van der Waals surface area contributed by atoms with E-state index in [2.05, 4.69) is 31.2 Å². The van der Waals surface area contributed by atoms with Gasteiger partial charge < -0.3 is 15.1 Å². The summed E-state index contributed by atoms with van der Waals surface area (Å²) >= 11 is 0. The van der Waals surface area contributed by atoms with Gasteiger partial charge in [0.25, 0.3) is 0 Å². The summed E-state index contributed by atoms with van der Waals surface area (Å²) in [6.45, 7) is 3.55. The Labute approximate surface area is 165 Å². The summed E-state index contributed by atoms with van der Waals surface area (Å²) < 4.78 is 0. The van der Waals surface area contributed by atoms with Gasteiger partial charge in [-0.25, -0.2) is 9.97 Å². The molecule has 144 valence electrons. The maximum absolute atomic E-state index is 12.8. The Morgan fingerprint density at radius 2 is 1.86 bits per heavy atom. The van der Waals surface area contributed by atoms with Gasteiger partial charge in [0.05, 0.1) is 11.3 Å². The fraction of sp³-hybridized carbons (Fsp3) is 0.429. The molecule has 7 nitrogen and oxygen atoms in total. The SMILES string of the molecule is N#Cc1ccc(N2CCC(C(=O)Nc3cccnc3N3CCCC3)CC2)nc1. The van der Waals surface area contributed by atoms with Gasteiger partial charge in [-0.2, -0.15) is 5.26 Å². The third-order valence-corrected chi connectivity index (χ3v) is 5.52. The van der Waals surface area contributed by atoms with Crippen molar-refractivity contribution in [1.82, 2.24) is 9.97 Å². The van der Waals surface area contributed by atoms with E-state index in [4.69, 9.17) is 5.26 Å². The zero-order chi connectivity index (χ0) is 19.3. The molecular formula is C21H24N6O. The number of hydrogen-bond donors (Lipinski definition) is 1. The van der Waals surface area contributed by atoms with Crippen LogP contribution in [0, 0.1) is 17.2 Å². The number of pyridine rings is 2. The molecule has 4 heterocycles. The predicted octanol–water partition coefficient (Wildman–Crippen LogP) is 2.80. The van der Waals surface area contributed by atoms with Gasteiger partial charge in [-0.15, -0.1) is 0 Å². The van der Waals surface area contributed by atoms with Crippen LogP contribution in [0.5, 0.6) is 0 Å². The van der Waals surface area contributed by atoms with Gasteiger partial charge in [-0.1, -0.05) is 0 Å². The van der Waals surface area contributed by atoms with E-state index in [1.165, 1.54) is 12.8 Å². The number of carbonyl (C=O) groups is 1. The highest BCUT2D eigenvalue weighted by Gasteiger charge is 2.27. The van der Waals surface area contributed by atoms with Gasteiger partial charge in [-0.05, 0) is 49.9 Å². The minimum Gasteiger partial charge on any atom is -0.357 e. The standard InChI is InChI=1S/C21H24N6O/c22-14-16-5-6-19(24-15-16)26-12-7-17(8-13-26)21(28)25-18-4-3-9-23-20(18)27-10-1-2-11-27/h3-6,9,15,17H,1-2,7-8,10-13H2,(H,25,28). The lowest BCUT2D eigenvalue weighted by Crippen LogP contribution is -2.38. The molecule has 2 aromatic rings. The number of amides is 1. The number of piperidine rings is 1. The van der Waals surface area contributed by atoms with Crippen LogP contribution in [0.1, 0.15) is 31.2 Å². The molecule has 2 fully saturated rings. The Morgan fingerprint density at radius 3 is 2.54 bits per heavy atom. The van der Waals surface area contributed by atoms with Crippen molar-refractivity contribution < 1.29 is 4.79 Å². The molecule has 7 heteroatoms. The third-order valence-electron chi connectivity index (χ3n) is 5.52. The van der Waals surface area contributed by atoms with E-state index in [1.807, 2.05) is 18.2 Å². The van der Waals surface area contributed by atoms with Gasteiger partial charge in [-0.3, -0.25) is 4.79 Å². The molecule has 0 bridgehead atoms. The second-order valence-electron chi connectivity index (χ2n) is 7.34. The fourth-order valence-electron chi connectivity index (χ4n) is 3.92. The predicted molar refractivity (Wildman–Crippen MR) is 108 cm³/mol. The number of nitrogens with zero attached hydrogens (tertiary/aromatic N) is 5. The van der Waals surface area contributed by atoms with E-state index >= 15 is 0 Å². The maximum atomic E-state index is 12.8. The van der Waals surface area contributed by atoms with Crippen LogP contribution in [-0.2, 0) is 4.79 Å². The molecule has 0 spiro atoms. The molecule has 0 saturated carbocycles. The smallest absolute Gasteiger partial charge is 0.227 e. The number of hydrogen-bond acceptors (Lipinski definition) is 6. The van der Waals surface area contributed by atoms with E-state index < -0.39 is 0 Å². The number of carbonyl (C=O) groups excluding carboxylic acids is 1. The summed E-state index contributed by atoms with van der Waals surface area (Å²) in [7, 11) is 0. The zero-order valence-corrected chi connectivity index (χ0v) is 15.8. The molecule has 2 aliphatic rings. The van der Waals surface area contributed by atoms with E-state index in [0.29, 0.717) is 5.56 Å². The van der Waals surface area contributed by atoms with Crippen molar-refractivity contribution in [1.29, 1.82) is 5.26 Å². The minimum absolute atomic E-state index is 0.0127. The molecule has 4 rings (SSSR count). The van der Waals surface area contributed by atoms with Gasteiger partial charge in [0, 0.05) is 44.5 Å². The Bertz CT molecular complexity index is 861. The van der Waals surface area contributed by atoms with Crippen LogP contribution < -0.4 is 15.1 Å². The van der Waals surface area contributed by atoms with E-state index in [1.54, 1.807) is 18.5 Å². The molecule has 2 aromatic heterocycles. The molecule has 0 aromatic carbocycles. The lowest BCUT2D eigenvalue weighted by atomic mass is 9.95. The largest absolute Gasteiger partial charge is 0.357 e. The summed E-state index contributed by atoms with van der Waals surface area (Å²) in [5, 5.41) is 12.0.